The molecule has 0 spiro atoms. The Morgan fingerprint density at radius 3 is 2.64 bits per heavy atom. The van der Waals surface area contributed by atoms with E-state index >= 15 is 0 Å². The van der Waals surface area contributed by atoms with Gasteiger partial charge in [0.1, 0.15) is 6.04 Å². The van der Waals surface area contributed by atoms with Crippen LogP contribution in [0.5, 0.6) is 0 Å². The van der Waals surface area contributed by atoms with E-state index in [9.17, 15) is 14.7 Å². The fourth-order valence-electron chi connectivity index (χ4n) is 2.55. The van der Waals surface area contributed by atoms with Crippen molar-refractivity contribution >= 4 is 23.6 Å². The van der Waals surface area contributed by atoms with Crippen LogP contribution in [0.1, 0.15) is 40.0 Å². The molecule has 1 heterocycles. The number of hydrogen-bond acceptors (Lipinski definition) is 4. The molecule has 1 rings (SSSR count). The van der Waals surface area contributed by atoms with Crippen LogP contribution < -0.4 is 5.32 Å². The maximum Gasteiger partial charge on any atom is 0.260 e. The van der Waals surface area contributed by atoms with Gasteiger partial charge in [0.25, 0.3) is 5.91 Å². The third kappa shape index (κ3) is 5.18. The highest BCUT2D eigenvalue weighted by molar-refractivity contribution is 8.07. The lowest BCUT2D eigenvalue weighted by atomic mass is 10.1. The zero-order valence-corrected chi connectivity index (χ0v) is 14.4. The molecule has 1 saturated heterocycles. The summed E-state index contributed by atoms with van der Waals surface area (Å²) >= 11 is 1.19. The molecule has 22 heavy (non-hydrogen) atoms. The summed E-state index contributed by atoms with van der Waals surface area (Å²) in [6, 6.07) is -0.579. The van der Waals surface area contributed by atoms with Gasteiger partial charge in [-0.1, -0.05) is 38.3 Å². The zero-order chi connectivity index (χ0) is 16.9. The minimum absolute atomic E-state index is 0.0557. The number of rotatable bonds is 7. The number of carbonyl (C=O) groups is 2. The van der Waals surface area contributed by atoms with Crippen LogP contribution in [-0.2, 0) is 9.59 Å². The van der Waals surface area contributed by atoms with Gasteiger partial charge in [0.05, 0.1) is 11.0 Å². The molecule has 1 fully saturated rings. The van der Waals surface area contributed by atoms with E-state index in [0.717, 1.165) is 17.7 Å². The van der Waals surface area contributed by atoms with Gasteiger partial charge in [-0.2, -0.15) is 0 Å². The Labute approximate surface area is 136 Å². The molecule has 0 aromatic rings. The van der Waals surface area contributed by atoms with E-state index in [4.69, 9.17) is 0 Å². The van der Waals surface area contributed by atoms with Crippen molar-refractivity contribution in [2.24, 2.45) is 0 Å². The summed E-state index contributed by atoms with van der Waals surface area (Å²) in [6.45, 7) is 13.4. The van der Waals surface area contributed by atoms with E-state index in [1.54, 1.807) is 6.92 Å². The molecule has 3 atom stereocenters. The van der Waals surface area contributed by atoms with Crippen LogP contribution in [0.15, 0.2) is 23.0 Å². The first-order chi connectivity index (χ1) is 10.3. The highest BCUT2D eigenvalue weighted by Gasteiger charge is 2.39. The molecule has 0 radical (unpaired) electrons. The molecule has 0 aromatic carbocycles. The molecule has 0 bridgehead atoms. The number of nitrogens with one attached hydrogen (secondary N) is 1. The molecule has 1 aliphatic rings. The minimum atomic E-state index is -0.677. The number of aliphatic hydroxyl groups is 1. The van der Waals surface area contributed by atoms with Crippen LogP contribution in [0.2, 0.25) is 0 Å². The molecular formula is C16H26N2O3S. The Balaban J connectivity index is 2.75. The molecule has 2 amide bonds. The standard InChI is InChI=1S/C16H26N2O3S/c1-6-7-11(4)17-15(20)14-8-13(19)9-18(14)16(21)12(5)22-10(2)3/h11,13-14,19H,2,5-9H2,1,3-4H3,(H,17,20). The normalized spacial score (nSPS) is 22.3. The summed E-state index contributed by atoms with van der Waals surface area (Å²) in [5.74, 6) is -0.521. The maximum atomic E-state index is 12.4. The van der Waals surface area contributed by atoms with Crippen molar-refractivity contribution in [3.63, 3.8) is 0 Å². The lowest BCUT2D eigenvalue weighted by molar-refractivity contribution is -0.135. The van der Waals surface area contributed by atoms with E-state index in [1.165, 1.54) is 16.7 Å². The number of nitrogens with zero attached hydrogens (tertiary/aromatic N) is 1. The topological polar surface area (TPSA) is 69.6 Å². The number of aliphatic hydroxyl groups excluding tert-OH is 1. The quantitative estimate of drug-likeness (QED) is 0.703. The first-order valence-corrected chi connectivity index (χ1v) is 8.39. The Morgan fingerprint density at radius 1 is 1.45 bits per heavy atom. The summed E-state index contributed by atoms with van der Waals surface area (Å²) in [5.41, 5.74) is 0. The molecule has 124 valence electrons. The Kier molecular flexibility index (Phi) is 7.16. The maximum absolute atomic E-state index is 12.4. The molecule has 1 aliphatic heterocycles. The van der Waals surface area contributed by atoms with Gasteiger partial charge in [0, 0.05) is 19.0 Å². The van der Waals surface area contributed by atoms with Gasteiger partial charge in [-0.25, -0.2) is 0 Å². The van der Waals surface area contributed by atoms with Gasteiger partial charge >= 0.3 is 0 Å². The third-order valence-corrected chi connectivity index (χ3v) is 4.26. The summed E-state index contributed by atoms with van der Waals surface area (Å²) < 4.78 is 0. The first-order valence-electron chi connectivity index (χ1n) is 7.57. The molecule has 5 nitrogen and oxygen atoms in total. The third-order valence-electron chi connectivity index (χ3n) is 3.49. The summed E-state index contributed by atoms with van der Waals surface area (Å²) in [4.78, 5) is 27.3. The highest BCUT2D eigenvalue weighted by Crippen LogP contribution is 2.27. The van der Waals surface area contributed by atoms with Crippen LogP contribution in [0.4, 0.5) is 0 Å². The monoisotopic (exact) mass is 326 g/mol. The van der Waals surface area contributed by atoms with Gasteiger partial charge in [-0.05, 0) is 25.2 Å². The van der Waals surface area contributed by atoms with Crippen LogP contribution >= 0.6 is 11.8 Å². The largest absolute Gasteiger partial charge is 0.391 e. The van der Waals surface area contributed by atoms with Crippen molar-refractivity contribution in [2.45, 2.75) is 58.2 Å². The SMILES string of the molecule is C=C(C)SC(=C)C(=O)N1CC(O)CC1C(=O)NC(C)CCC. The second-order valence-corrected chi connectivity index (χ2v) is 7.18. The number of hydrogen-bond donors (Lipinski definition) is 2. The lowest BCUT2D eigenvalue weighted by Crippen LogP contribution is -2.48. The summed E-state index contributed by atoms with van der Waals surface area (Å²) in [7, 11) is 0. The summed E-state index contributed by atoms with van der Waals surface area (Å²) in [5, 5.41) is 12.8. The predicted molar refractivity (Wildman–Crippen MR) is 90.2 cm³/mol. The van der Waals surface area contributed by atoms with Gasteiger partial charge in [0.15, 0.2) is 0 Å². The molecule has 0 aliphatic carbocycles. The van der Waals surface area contributed by atoms with Crippen molar-refractivity contribution in [2.75, 3.05) is 6.54 Å². The summed E-state index contributed by atoms with van der Waals surface area (Å²) in [6.07, 6.45) is 1.45. The Morgan fingerprint density at radius 2 is 2.09 bits per heavy atom. The van der Waals surface area contributed by atoms with Gasteiger partial charge in [0.2, 0.25) is 5.91 Å². The van der Waals surface area contributed by atoms with E-state index in [-0.39, 0.29) is 30.8 Å². The number of amides is 2. The van der Waals surface area contributed by atoms with Crippen molar-refractivity contribution in [3.8, 4) is 0 Å². The fourth-order valence-corrected chi connectivity index (χ4v) is 3.17. The number of β-amino-alcohol motifs (C(OH)–C–C–N with tert-alkyl or cyclic N) is 1. The van der Waals surface area contributed by atoms with Crippen LogP contribution in [0.3, 0.4) is 0 Å². The second-order valence-electron chi connectivity index (χ2n) is 5.79. The van der Waals surface area contributed by atoms with E-state index in [2.05, 4.69) is 25.4 Å². The van der Waals surface area contributed by atoms with Crippen molar-refractivity contribution in [3.05, 3.63) is 23.0 Å². The predicted octanol–water partition coefficient (Wildman–Crippen LogP) is 2.03. The van der Waals surface area contributed by atoms with Crippen molar-refractivity contribution in [1.29, 1.82) is 0 Å². The molecule has 0 aromatic heterocycles. The average Bonchev–Trinajstić information content (AvgIpc) is 2.79. The molecule has 3 unspecified atom stereocenters. The second kappa shape index (κ2) is 8.39. The van der Waals surface area contributed by atoms with Crippen LogP contribution in [0.25, 0.3) is 0 Å². The van der Waals surface area contributed by atoms with Gasteiger partial charge in [-0.15, -0.1) is 0 Å². The molecule has 0 saturated carbocycles. The van der Waals surface area contributed by atoms with Crippen molar-refractivity contribution < 1.29 is 14.7 Å². The van der Waals surface area contributed by atoms with Crippen LogP contribution in [0, 0.1) is 0 Å². The van der Waals surface area contributed by atoms with E-state index in [0.29, 0.717) is 4.91 Å². The zero-order valence-electron chi connectivity index (χ0n) is 13.6. The van der Waals surface area contributed by atoms with E-state index in [1.807, 2.05) is 6.92 Å². The fraction of sp³-hybridized carbons (Fsp3) is 0.625. The Bertz CT molecular complexity index is 464. The van der Waals surface area contributed by atoms with Crippen LogP contribution in [-0.4, -0.2) is 46.6 Å². The smallest absolute Gasteiger partial charge is 0.260 e. The van der Waals surface area contributed by atoms with E-state index < -0.39 is 12.1 Å². The number of allylic oxidation sites excluding steroid dienone is 1. The highest BCUT2D eigenvalue weighted by atomic mass is 32.2. The minimum Gasteiger partial charge on any atom is -0.391 e. The van der Waals surface area contributed by atoms with Gasteiger partial charge < -0.3 is 15.3 Å². The van der Waals surface area contributed by atoms with Gasteiger partial charge in [-0.3, -0.25) is 9.59 Å². The number of carbonyl (C=O) groups excluding carboxylic acids is 2. The first kappa shape index (κ1) is 18.8. The average molecular weight is 326 g/mol. The number of thioether (sulfide) groups is 1. The Hall–Kier alpha value is -1.27. The number of likely N-dealkylation sites (tertiary alicyclic amines) is 1. The lowest BCUT2D eigenvalue weighted by Gasteiger charge is -2.25. The molecule has 2 N–H and O–H groups in total. The van der Waals surface area contributed by atoms with Crippen molar-refractivity contribution in [1.82, 2.24) is 10.2 Å². The molecule has 6 heteroatoms. The molecular weight excluding hydrogens is 300 g/mol.